The van der Waals surface area contributed by atoms with Crippen LogP contribution in [0.2, 0.25) is 0 Å². The molecule has 0 spiro atoms. The Morgan fingerprint density at radius 1 is 1.09 bits per heavy atom. The fourth-order valence-electron chi connectivity index (χ4n) is 3.27. The minimum atomic E-state index is -0.901. The molecule has 0 aliphatic rings. The van der Waals surface area contributed by atoms with Crippen LogP contribution in [0.5, 0.6) is 11.5 Å². The molecule has 1 amide bonds. The van der Waals surface area contributed by atoms with Crippen LogP contribution in [0.25, 0.3) is 0 Å². The predicted octanol–water partition coefficient (Wildman–Crippen LogP) is 4.62. The normalized spacial score (nSPS) is 11.6. The quantitative estimate of drug-likeness (QED) is 0.418. The van der Waals surface area contributed by atoms with Crippen LogP contribution in [-0.4, -0.2) is 25.5 Å². The number of carbonyl (C=O) groups is 1. The van der Waals surface area contributed by atoms with E-state index in [-0.39, 0.29) is 34.2 Å². The first-order valence-electron chi connectivity index (χ1n) is 9.62. The minimum Gasteiger partial charge on any atom is -0.457 e. The van der Waals surface area contributed by atoms with E-state index in [1.54, 1.807) is 12.1 Å². The highest BCUT2D eigenvalue weighted by Crippen LogP contribution is 2.32. The van der Waals surface area contributed by atoms with Gasteiger partial charge in [-0.1, -0.05) is 18.2 Å². The van der Waals surface area contributed by atoms with E-state index in [2.05, 4.69) is 10.4 Å². The number of non-ortho nitro benzene ring substituents is 1. The number of rotatable bonds is 7. The molecule has 166 valence electrons. The first-order chi connectivity index (χ1) is 15.1. The van der Waals surface area contributed by atoms with Crippen LogP contribution >= 0.6 is 0 Å². The van der Waals surface area contributed by atoms with Gasteiger partial charge in [-0.3, -0.25) is 29.7 Å². The largest absolute Gasteiger partial charge is 0.457 e. The summed E-state index contributed by atoms with van der Waals surface area (Å²) >= 11 is 0. The number of benzene rings is 2. The number of para-hydroxylation sites is 1. The van der Waals surface area contributed by atoms with Crippen LogP contribution in [0.1, 0.15) is 29.9 Å². The molecule has 11 heteroatoms. The Kier molecular flexibility index (Phi) is 6.19. The highest BCUT2D eigenvalue weighted by molar-refractivity contribution is 5.94. The number of nitrogens with one attached hydrogen (secondary N) is 1. The highest BCUT2D eigenvalue weighted by atomic mass is 16.6. The molecule has 1 unspecified atom stereocenters. The SMILES string of the molecule is Cc1ccccc1Oc1cc(NC(=O)C(C)n2nc(C)c([N+](=O)[O-])c2C)cc([N+](=O)[O-])c1. The standard InChI is InChI=1S/C21H21N5O6/c1-12-7-5-6-8-19(12)32-18-10-16(9-17(11-18)25(28)29)22-21(27)15(4)24-14(3)20(26(30)31)13(2)23-24/h5-11,15H,1-4H3,(H,22,27). The van der Waals surface area contributed by atoms with Gasteiger partial charge in [-0.05, 0) is 39.3 Å². The van der Waals surface area contributed by atoms with E-state index < -0.39 is 21.8 Å². The van der Waals surface area contributed by atoms with Gasteiger partial charge >= 0.3 is 5.69 Å². The molecule has 0 radical (unpaired) electrons. The van der Waals surface area contributed by atoms with E-state index in [0.717, 1.165) is 5.56 Å². The number of amides is 1. The molecule has 0 aliphatic heterocycles. The summed E-state index contributed by atoms with van der Waals surface area (Å²) in [4.78, 5) is 34.3. The molecule has 0 aliphatic carbocycles. The molecule has 0 fully saturated rings. The van der Waals surface area contributed by atoms with Crippen molar-refractivity contribution in [1.29, 1.82) is 0 Å². The number of nitro benzene ring substituents is 1. The first kappa shape index (κ1) is 22.4. The number of carbonyl (C=O) groups excluding carboxylic acids is 1. The Labute approximate surface area is 182 Å². The third-order valence-corrected chi connectivity index (χ3v) is 4.91. The molecule has 3 aromatic rings. The van der Waals surface area contributed by atoms with Gasteiger partial charge in [-0.15, -0.1) is 0 Å². The summed E-state index contributed by atoms with van der Waals surface area (Å²) in [5.74, 6) is 0.152. The number of aromatic nitrogens is 2. The van der Waals surface area contributed by atoms with Crippen molar-refractivity contribution >= 4 is 23.0 Å². The zero-order valence-electron chi connectivity index (χ0n) is 17.9. The van der Waals surface area contributed by atoms with Crippen molar-refractivity contribution in [3.63, 3.8) is 0 Å². The Balaban J connectivity index is 1.89. The predicted molar refractivity (Wildman–Crippen MR) is 116 cm³/mol. The van der Waals surface area contributed by atoms with Crippen molar-refractivity contribution in [1.82, 2.24) is 9.78 Å². The second-order valence-electron chi connectivity index (χ2n) is 7.23. The second-order valence-corrected chi connectivity index (χ2v) is 7.23. The van der Waals surface area contributed by atoms with Gasteiger partial charge in [0.2, 0.25) is 5.91 Å². The maximum Gasteiger partial charge on any atom is 0.312 e. The Hall–Kier alpha value is -4.28. The summed E-state index contributed by atoms with van der Waals surface area (Å²) in [7, 11) is 0. The number of hydrogen-bond donors (Lipinski definition) is 1. The summed E-state index contributed by atoms with van der Waals surface area (Å²) in [5, 5.41) is 29.3. The van der Waals surface area contributed by atoms with Gasteiger partial charge < -0.3 is 10.1 Å². The average Bonchev–Trinajstić information content (AvgIpc) is 3.03. The van der Waals surface area contributed by atoms with Crippen molar-refractivity contribution in [3.8, 4) is 11.5 Å². The van der Waals surface area contributed by atoms with Gasteiger partial charge in [0.15, 0.2) is 0 Å². The van der Waals surface area contributed by atoms with E-state index in [4.69, 9.17) is 4.74 Å². The van der Waals surface area contributed by atoms with Crippen LogP contribution in [0, 0.1) is 41.0 Å². The summed E-state index contributed by atoms with van der Waals surface area (Å²) < 4.78 is 7.04. The first-order valence-corrected chi connectivity index (χ1v) is 9.62. The van der Waals surface area contributed by atoms with E-state index in [1.165, 1.54) is 43.7 Å². The summed E-state index contributed by atoms with van der Waals surface area (Å²) in [6.45, 7) is 6.36. The molecule has 3 rings (SSSR count). The van der Waals surface area contributed by atoms with E-state index in [0.29, 0.717) is 5.75 Å². The van der Waals surface area contributed by atoms with Gasteiger partial charge in [-0.2, -0.15) is 5.10 Å². The maximum absolute atomic E-state index is 12.8. The molecule has 1 N–H and O–H groups in total. The van der Waals surface area contributed by atoms with Gasteiger partial charge in [0, 0.05) is 12.1 Å². The maximum atomic E-state index is 12.8. The molecule has 1 heterocycles. The lowest BCUT2D eigenvalue weighted by atomic mass is 10.2. The molecule has 1 atom stereocenters. The molecule has 1 aromatic heterocycles. The third kappa shape index (κ3) is 4.56. The number of hydrogen-bond acceptors (Lipinski definition) is 7. The molecule has 2 aromatic carbocycles. The fourth-order valence-corrected chi connectivity index (χ4v) is 3.27. The Morgan fingerprint density at radius 3 is 2.38 bits per heavy atom. The molecular weight excluding hydrogens is 418 g/mol. The van der Waals surface area contributed by atoms with Crippen molar-refractivity contribution in [2.24, 2.45) is 0 Å². The van der Waals surface area contributed by atoms with Gasteiger partial charge in [0.25, 0.3) is 5.69 Å². The van der Waals surface area contributed by atoms with E-state index in [9.17, 15) is 25.0 Å². The van der Waals surface area contributed by atoms with Crippen molar-refractivity contribution in [2.75, 3.05) is 5.32 Å². The van der Waals surface area contributed by atoms with Crippen LogP contribution in [0.4, 0.5) is 17.1 Å². The summed E-state index contributed by atoms with van der Waals surface area (Å²) in [5.41, 5.74) is 0.990. The summed E-state index contributed by atoms with van der Waals surface area (Å²) in [6.07, 6.45) is 0. The van der Waals surface area contributed by atoms with Gasteiger partial charge in [0.1, 0.15) is 28.9 Å². The zero-order valence-corrected chi connectivity index (χ0v) is 17.9. The van der Waals surface area contributed by atoms with Crippen LogP contribution in [-0.2, 0) is 4.79 Å². The smallest absolute Gasteiger partial charge is 0.312 e. The van der Waals surface area contributed by atoms with E-state index >= 15 is 0 Å². The van der Waals surface area contributed by atoms with Crippen molar-refractivity contribution in [3.05, 3.63) is 79.6 Å². The lowest BCUT2D eigenvalue weighted by Crippen LogP contribution is -2.25. The lowest BCUT2D eigenvalue weighted by molar-refractivity contribution is -0.386. The monoisotopic (exact) mass is 439 g/mol. The van der Waals surface area contributed by atoms with Crippen LogP contribution in [0.15, 0.2) is 42.5 Å². The number of anilines is 1. The number of nitrogens with zero attached hydrogens (tertiary/aromatic N) is 4. The van der Waals surface area contributed by atoms with E-state index in [1.807, 2.05) is 19.1 Å². The lowest BCUT2D eigenvalue weighted by Gasteiger charge is -2.15. The second kappa shape index (κ2) is 8.84. The van der Waals surface area contributed by atoms with Crippen molar-refractivity contribution in [2.45, 2.75) is 33.7 Å². The molecule has 0 saturated carbocycles. The zero-order chi connectivity index (χ0) is 23.6. The molecular formula is C21H21N5O6. The number of aryl methyl sites for hydroxylation is 2. The molecule has 11 nitrogen and oxygen atoms in total. The Morgan fingerprint density at radius 2 is 1.78 bits per heavy atom. The van der Waals surface area contributed by atoms with Gasteiger partial charge in [0.05, 0.1) is 21.6 Å². The average molecular weight is 439 g/mol. The number of nitro groups is 2. The summed E-state index contributed by atoms with van der Waals surface area (Å²) in [6, 6.07) is 10.2. The molecule has 0 saturated heterocycles. The topological polar surface area (TPSA) is 142 Å². The van der Waals surface area contributed by atoms with Crippen LogP contribution < -0.4 is 10.1 Å². The molecule has 32 heavy (non-hydrogen) atoms. The Bertz CT molecular complexity index is 1220. The van der Waals surface area contributed by atoms with Crippen molar-refractivity contribution < 1.29 is 19.4 Å². The number of ether oxygens (including phenoxy) is 1. The highest BCUT2D eigenvalue weighted by Gasteiger charge is 2.27. The van der Waals surface area contributed by atoms with Crippen LogP contribution in [0.3, 0.4) is 0 Å². The molecule has 0 bridgehead atoms. The van der Waals surface area contributed by atoms with Gasteiger partial charge in [-0.25, -0.2) is 0 Å². The third-order valence-electron chi connectivity index (χ3n) is 4.91. The minimum absolute atomic E-state index is 0.149. The fraction of sp³-hybridized carbons (Fsp3) is 0.238.